The molecule has 0 amide bonds. The fourth-order valence-electron chi connectivity index (χ4n) is 10.1. The fourth-order valence-corrected chi connectivity index (χ4v) is 10.1. The molecule has 5 fully saturated rings. The number of carboxylic acids is 1. The molecule has 9 rings (SSSR count). The van der Waals surface area contributed by atoms with Crippen LogP contribution in [0, 0.1) is 17.3 Å². The van der Waals surface area contributed by atoms with Gasteiger partial charge in [0.2, 0.25) is 0 Å². The number of likely N-dealkylation sites (tertiary alicyclic amines) is 1. The van der Waals surface area contributed by atoms with E-state index in [0.717, 1.165) is 60.8 Å². The van der Waals surface area contributed by atoms with E-state index >= 15 is 0 Å². The van der Waals surface area contributed by atoms with Gasteiger partial charge < -0.3 is 24.1 Å². The Hall–Kier alpha value is -2.61. The molecule has 2 aromatic rings. The van der Waals surface area contributed by atoms with Crippen LogP contribution in [0.2, 0.25) is 0 Å². The van der Waals surface area contributed by atoms with E-state index < -0.39 is 11.6 Å². The number of piperidine rings is 1. The van der Waals surface area contributed by atoms with Crippen LogP contribution in [0.4, 0.5) is 0 Å². The van der Waals surface area contributed by atoms with Gasteiger partial charge in [-0.05, 0) is 80.2 Å². The first-order valence-electron chi connectivity index (χ1n) is 15.5. The molecule has 2 spiro atoms. The highest BCUT2D eigenvalue weighted by molar-refractivity contribution is 5.70. The number of hydrogen-bond donors (Lipinski definition) is 1. The Morgan fingerprint density at radius 2 is 1.88 bits per heavy atom. The quantitative estimate of drug-likeness (QED) is 0.450. The van der Waals surface area contributed by atoms with Crippen LogP contribution in [0.5, 0.6) is 11.5 Å². The molecule has 2 aromatic carbocycles. The predicted molar refractivity (Wildman–Crippen MR) is 152 cm³/mol. The lowest BCUT2D eigenvalue weighted by Crippen LogP contribution is -2.81. The van der Waals surface area contributed by atoms with E-state index in [0.29, 0.717) is 19.3 Å². The van der Waals surface area contributed by atoms with Crippen molar-refractivity contribution in [1.29, 1.82) is 0 Å². The van der Waals surface area contributed by atoms with Crippen LogP contribution in [0.3, 0.4) is 0 Å². The second-order valence-electron chi connectivity index (χ2n) is 13.6. The van der Waals surface area contributed by atoms with Crippen molar-refractivity contribution < 1.29 is 28.8 Å². The molecule has 218 valence electrons. The van der Waals surface area contributed by atoms with Crippen molar-refractivity contribution in [2.75, 3.05) is 33.9 Å². The van der Waals surface area contributed by atoms with Gasteiger partial charge in [-0.3, -0.25) is 9.69 Å². The van der Waals surface area contributed by atoms with Crippen LogP contribution in [0.25, 0.3) is 0 Å². The highest BCUT2D eigenvalue weighted by Gasteiger charge is 2.80. The number of carbonyl (C=O) groups is 1. The average Bonchev–Trinajstić information content (AvgIpc) is 3.72. The SMILES string of the molecule is COc1ccc2c3c1O[C@H]1C4(OC)CCC5(C[C@@H]4COCc4ccc(CC(=O)O)cc4)[C@@H](C2)N(CC2CC2)CCC315. The summed E-state index contributed by atoms with van der Waals surface area (Å²) in [6.07, 6.45) is 8.23. The van der Waals surface area contributed by atoms with Gasteiger partial charge in [0, 0.05) is 42.0 Å². The number of rotatable bonds is 10. The maximum atomic E-state index is 11.1. The first-order valence-corrected chi connectivity index (χ1v) is 15.5. The maximum absolute atomic E-state index is 11.1. The smallest absolute Gasteiger partial charge is 0.307 e. The zero-order valence-electron chi connectivity index (χ0n) is 24.2. The van der Waals surface area contributed by atoms with Gasteiger partial charge in [0.15, 0.2) is 11.5 Å². The van der Waals surface area contributed by atoms with E-state index in [1.807, 2.05) is 31.4 Å². The Morgan fingerprint density at radius 3 is 2.61 bits per heavy atom. The second kappa shape index (κ2) is 9.19. The third-order valence-electron chi connectivity index (χ3n) is 12.0. The van der Waals surface area contributed by atoms with E-state index in [9.17, 15) is 4.79 Å². The molecule has 4 saturated carbocycles. The summed E-state index contributed by atoms with van der Waals surface area (Å²) in [5, 5.41) is 9.08. The van der Waals surface area contributed by atoms with Crippen molar-refractivity contribution in [1.82, 2.24) is 4.90 Å². The molecule has 7 heteroatoms. The Morgan fingerprint density at radius 1 is 1.07 bits per heavy atom. The van der Waals surface area contributed by atoms with Gasteiger partial charge in [-0.15, -0.1) is 0 Å². The van der Waals surface area contributed by atoms with Crippen LogP contribution >= 0.6 is 0 Å². The summed E-state index contributed by atoms with van der Waals surface area (Å²) in [6, 6.07) is 12.7. The van der Waals surface area contributed by atoms with Crippen molar-refractivity contribution in [3.05, 3.63) is 58.7 Å². The van der Waals surface area contributed by atoms with Crippen molar-refractivity contribution >= 4 is 5.97 Å². The van der Waals surface area contributed by atoms with Gasteiger partial charge in [0.05, 0.1) is 26.7 Å². The number of benzene rings is 2. The topological polar surface area (TPSA) is 77.5 Å². The molecule has 7 aliphatic rings. The van der Waals surface area contributed by atoms with Gasteiger partial charge in [-0.2, -0.15) is 0 Å². The molecular weight excluding hydrogens is 518 g/mol. The Balaban J connectivity index is 1.13. The van der Waals surface area contributed by atoms with Crippen molar-refractivity contribution in [2.24, 2.45) is 17.3 Å². The van der Waals surface area contributed by atoms with Gasteiger partial charge >= 0.3 is 5.97 Å². The molecule has 3 unspecified atom stereocenters. The van der Waals surface area contributed by atoms with Crippen LogP contribution in [0.1, 0.15) is 60.8 Å². The number of carboxylic acid groups (broad SMARTS) is 1. The summed E-state index contributed by atoms with van der Waals surface area (Å²) < 4.78 is 26.1. The van der Waals surface area contributed by atoms with Gasteiger partial charge in [0.25, 0.3) is 0 Å². The summed E-state index contributed by atoms with van der Waals surface area (Å²) in [6.45, 7) is 3.50. The Bertz CT molecular complexity index is 1370. The first kappa shape index (κ1) is 26.1. The molecule has 5 aliphatic carbocycles. The molecule has 1 N–H and O–H groups in total. The monoisotopic (exact) mass is 559 g/mol. The highest BCUT2D eigenvalue weighted by atomic mass is 16.6. The molecule has 41 heavy (non-hydrogen) atoms. The van der Waals surface area contributed by atoms with E-state index in [1.165, 1.54) is 36.9 Å². The lowest BCUT2D eigenvalue weighted by molar-refractivity contribution is -0.283. The summed E-state index contributed by atoms with van der Waals surface area (Å²) in [7, 11) is 3.64. The van der Waals surface area contributed by atoms with E-state index in [2.05, 4.69) is 17.0 Å². The molecule has 6 atom stereocenters. The average molecular weight is 560 g/mol. The minimum Gasteiger partial charge on any atom is -0.493 e. The van der Waals surface area contributed by atoms with Crippen LogP contribution < -0.4 is 9.47 Å². The summed E-state index contributed by atoms with van der Waals surface area (Å²) in [5.74, 6) is 2.12. The summed E-state index contributed by atoms with van der Waals surface area (Å²) in [5.41, 5.74) is 4.45. The standard InChI is InChI=1S/C34H41NO6/c1-38-26-10-9-24-16-27-32-11-12-34(39-2,25(17-32)20-40-19-23-7-3-21(4-8-23)15-28(36)37)31-33(32,29(24)30(26)41-31)13-14-35(27)18-22-5-6-22/h3-4,7-10,22,25,27,31H,5-6,11-20H2,1-2H3,(H,36,37)/t25-,27-,31-,32?,33?,34?/m1/s1. The van der Waals surface area contributed by atoms with Crippen molar-refractivity contribution in [3.8, 4) is 11.5 Å². The number of ether oxygens (including phenoxy) is 4. The van der Waals surface area contributed by atoms with E-state index in [4.69, 9.17) is 24.1 Å². The number of fused-ring (bicyclic) bond motifs is 2. The van der Waals surface area contributed by atoms with Crippen molar-refractivity contribution in [2.45, 2.75) is 81.1 Å². The second-order valence-corrected chi connectivity index (χ2v) is 13.6. The zero-order valence-corrected chi connectivity index (χ0v) is 24.2. The number of hydrogen-bond acceptors (Lipinski definition) is 6. The molecule has 2 heterocycles. The molecule has 0 radical (unpaired) electrons. The van der Waals surface area contributed by atoms with Crippen LogP contribution in [-0.2, 0) is 39.1 Å². The molecular formula is C34H41NO6. The largest absolute Gasteiger partial charge is 0.493 e. The maximum Gasteiger partial charge on any atom is 0.307 e. The Labute approximate surface area is 242 Å². The third-order valence-corrected chi connectivity index (χ3v) is 12.0. The Kier molecular flexibility index (Phi) is 5.84. The van der Waals surface area contributed by atoms with Gasteiger partial charge in [0.1, 0.15) is 11.7 Å². The van der Waals surface area contributed by atoms with Gasteiger partial charge in [-0.1, -0.05) is 30.3 Å². The minimum absolute atomic E-state index is 0.0395. The third kappa shape index (κ3) is 3.52. The number of methoxy groups -OCH3 is 2. The summed E-state index contributed by atoms with van der Waals surface area (Å²) >= 11 is 0. The van der Waals surface area contributed by atoms with Crippen LogP contribution in [-0.4, -0.2) is 67.6 Å². The highest BCUT2D eigenvalue weighted by Crippen LogP contribution is 2.76. The first-order chi connectivity index (χ1) is 19.9. The van der Waals surface area contributed by atoms with Gasteiger partial charge in [-0.25, -0.2) is 0 Å². The molecule has 2 aliphatic heterocycles. The summed E-state index contributed by atoms with van der Waals surface area (Å²) in [4.78, 5) is 13.9. The zero-order chi connectivity index (χ0) is 28.0. The molecule has 0 aromatic heterocycles. The minimum atomic E-state index is -0.812. The number of aliphatic carboxylic acids is 1. The lowest BCUT2D eigenvalue weighted by atomic mass is 9.35. The fraction of sp³-hybridized carbons (Fsp3) is 0.618. The molecule has 1 saturated heterocycles. The molecule has 4 bridgehead atoms. The van der Waals surface area contributed by atoms with Crippen LogP contribution in [0.15, 0.2) is 36.4 Å². The lowest BCUT2D eigenvalue weighted by Gasteiger charge is -2.74. The number of nitrogens with zero attached hydrogens (tertiary/aromatic N) is 1. The molecule has 7 nitrogen and oxygen atoms in total. The van der Waals surface area contributed by atoms with Crippen molar-refractivity contribution in [3.63, 3.8) is 0 Å². The van der Waals surface area contributed by atoms with E-state index in [-0.39, 0.29) is 29.3 Å². The normalized spacial score (nSPS) is 36.1. The van der Waals surface area contributed by atoms with E-state index in [1.54, 1.807) is 7.11 Å². The predicted octanol–water partition coefficient (Wildman–Crippen LogP) is 4.76.